The lowest BCUT2D eigenvalue weighted by Crippen LogP contribution is -2.59. The molecule has 0 aliphatic carbocycles. The number of sulfonamides is 1. The second kappa shape index (κ2) is 7.70. The van der Waals surface area contributed by atoms with Crippen molar-refractivity contribution in [3.05, 3.63) is 34.9 Å². The van der Waals surface area contributed by atoms with E-state index in [1.54, 1.807) is 4.31 Å². The molecule has 1 N–H and O–H groups in total. The average Bonchev–Trinajstić information content (AvgIpc) is 2.57. The number of hydrogen-bond acceptors (Lipinski definition) is 4. The van der Waals surface area contributed by atoms with Crippen LogP contribution in [0.15, 0.2) is 24.3 Å². The molecular formula is C17H26ClN3O2S. The third-order valence-electron chi connectivity index (χ3n) is 5.12. The van der Waals surface area contributed by atoms with Crippen LogP contribution in [0.2, 0.25) is 5.02 Å². The van der Waals surface area contributed by atoms with Gasteiger partial charge in [-0.25, -0.2) is 8.42 Å². The molecule has 0 aromatic heterocycles. The van der Waals surface area contributed by atoms with Gasteiger partial charge in [-0.1, -0.05) is 23.7 Å². The van der Waals surface area contributed by atoms with Crippen LogP contribution in [0.5, 0.6) is 0 Å². The van der Waals surface area contributed by atoms with Crippen molar-refractivity contribution in [2.45, 2.75) is 31.3 Å². The van der Waals surface area contributed by atoms with Crippen molar-refractivity contribution >= 4 is 21.6 Å². The minimum absolute atomic E-state index is 0.220. The second-order valence-electron chi connectivity index (χ2n) is 6.82. The molecule has 2 aliphatic heterocycles. The average molecular weight is 372 g/mol. The van der Waals surface area contributed by atoms with E-state index in [0.29, 0.717) is 19.1 Å². The van der Waals surface area contributed by atoms with Crippen LogP contribution >= 0.6 is 11.6 Å². The summed E-state index contributed by atoms with van der Waals surface area (Å²) in [5, 5.41) is 4.14. The summed E-state index contributed by atoms with van der Waals surface area (Å²) in [6.07, 6.45) is 4.44. The van der Waals surface area contributed by atoms with Gasteiger partial charge in [-0.2, -0.15) is 4.31 Å². The van der Waals surface area contributed by atoms with Gasteiger partial charge in [0.05, 0.1) is 6.26 Å². The molecule has 0 bridgehead atoms. The van der Waals surface area contributed by atoms with E-state index in [1.807, 2.05) is 24.3 Å². The number of rotatable bonds is 4. The van der Waals surface area contributed by atoms with Gasteiger partial charge in [0.1, 0.15) is 0 Å². The van der Waals surface area contributed by atoms with Crippen LogP contribution in [0.4, 0.5) is 0 Å². The first-order valence-corrected chi connectivity index (χ1v) is 10.8. The van der Waals surface area contributed by atoms with Crippen LogP contribution in [0.25, 0.3) is 0 Å². The zero-order valence-electron chi connectivity index (χ0n) is 14.1. The molecule has 2 heterocycles. The first-order chi connectivity index (χ1) is 11.4. The third-order valence-corrected chi connectivity index (χ3v) is 6.64. The molecule has 1 aromatic rings. The monoisotopic (exact) mass is 371 g/mol. The highest BCUT2D eigenvalue weighted by Crippen LogP contribution is 2.23. The molecule has 2 saturated heterocycles. The van der Waals surface area contributed by atoms with E-state index in [-0.39, 0.29) is 6.04 Å². The second-order valence-corrected chi connectivity index (χ2v) is 9.24. The zero-order chi connectivity index (χ0) is 17.2. The van der Waals surface area contributed by atoms with E-state index < -0.39 is 10.0 Å². The Morgan fingerprint density at radius 3 is 2.46 bits per heavy atom. The fraction of sp³-hybridized carbons (Fsp3) is 0.647. The molecule has 1 aromatic carbocycles. The number of benzene rings is 1. The number of halogens is 1. The normalized spacial score (nSPS) is 25.0. The van der Waals surface area contributed by atoms with Gasteiger partial charge in [0, 0.05) is 36.7 Å². The van der Waals surface area contributed by atoms with Crippen molar-refractivity contribution in [2.75, 3.05) is 39.0 Å². The van der Waals surface area contributed by atoms with Crippen LogP contribution < -0.4 is 5.32 Å². The van der Waals surface area contributed by atoms with Crippen molar-refractivity contribution in [1.29, 1.82) is 0 Å². The predicted octanol–water partition coefficient (Wildman–Crippen LogP) is 1.58. The smallest absolute Gasteiger partial charge is 0.211 e. The lowest BCUT2D eigenvalue weighted by Gasteiger charge is -2.46. The molecule has 0 saturated carbocycles. The van der Waals surface area contributed by atoms with Gasteiger partial charge in [-0.15, -0.1) is 0 Å². The number of piperazine rings is 1. The van der Waals surface area contributed by atoms with E-state index >= 15 is 0 Å². The summed E-state index contributed by atoms with van der Waals surface area (Å²) >= 11 is 5.98. The zero-order valence-corrected chi connectivity index (χ0v) is 15.7. The molecule has 0 spiro atoms. The fourth-order valence-electron chi connectivity index (χ4n) is 3.84. The Bertz CT molecular complexity index is 644. The Morgan fingerprint density at radius 2 is 1.83 bits per heavy atom. The summed E-state index contributed by atoms with van der Waals surface area (Å²) < 4.78 is 25.6. The molecule has 0 radical (unpaired) electrons. The number of piperidine rings is 1. The van der Waals surface area contributed by atoms with Gasteiger partial charge >= 0.3 is 0 Å². The topological polar surface area (TPSA) is 52.7 Å². The molecule has 24 heavy (non-hydrogen) atoms. The molecule has 1 atom stereocenters. The van der Waals surface area contributed by atoms with Crippen molar-refractivity contribution < 1.29 is 8.42 Å². The summed E-state index contributed by atoms with van der Waals surface area (Å²) in [6.45, 7) is 4.08. The quantitative estimate of drug-likeness (QED) is 0.873. The first-order valence-electron chi connectivity index (χ1n) is 8.59. The Hall–Kier alpha value is -0.660. The van der Waals surface area contributed by atoms with Crippen LogP contribution in [-0.4, -0.2) is 68.7 Å². The van der Waals surface area contributed by atoms with E-state index in [4.69, 9.17) is 11.6 Å². The summed E-state index contributed by atoms with van der Waals surface area (Å²) in [5.74, 6) is 0. The third kappa shape index (κ3) is 4.49. The highest BCUT2D eigenvalue weighted by atomic mass is 35.5. The fourth-order valence-corrected chi connectivity index (χ4v) is 4.82. The molecule has 5 nitrogen and oxygen atoms in total. The largest absolute Gasteiger partial charge is 0.317 e. The van der Waals surface area contributed by atoms with Gasteiger partial charge in [0.15, 0.2) is 0 Å². The lowest BCUT2D eigenvalue weighted by molar-refractivity contribution is 0.0587. The minimum atomic E-state index is -3.14. The van der Waals surface area contributed by atoms with E-state index in [1.165, 1.54) is 11.8 Å². The first kappa shape index (κ1) is 18.1. The highest BCUT2D eigenvalue weighted by Gasteiger charge is 2.35. The van der Waals surface area contributed by atoms with Gasteiger partial charge in [0.2, 0.25) is 10.0 Å². The van der Waals surface area contributed by atoms with Crippen LogP contribution in [0.1, 0.15) is 18.4 Å². The van der Waals surface area contributed by atoms with Crippen LogP contribution in [0, 0.1) is 0 Å². The number of nitrogens with one attached hydrogen (secondary N) is 1. The summed E-state index contributed by atoms with van der Waals surface area (Å²) in [7, 11) is -3.14. The maximum Gasteiger partial charge on any atom is 0.211 e. The molecule has 0 amide bonds. The minimum Gasteiger partial charge on any atom is -0.317 e. The molecule has 1 unspecified atom stereocenters. The Labute approximate surface area is 150 Å². The van der Waals surface area contributed by atoms with Gasteiger partial charge in [-0.3, -0.25) is 4.90 Å². The summed E-state index contributed by atoms with van der Waals surface area (Å²) in [4.78, 5) is 2.54. The molecule has 3 rings (SSSR count). The molecule has 2 aliphatic rings. The van der Waals surface area contributed by atoms with Crippen LogP contribution in [-0.2, 0) is 16.4 Å². The predicted molar refractivity (Wildman–Crippen MR) is 98.0 cm³/mol. The van der Waals surface area contributed by atoms with Crippen LogP contribution in [0.3, 0.4) is 0 Å². The van der Waals surface area contributed by atoms with E-state index in [9.17, 15) is 8.42 Å². The lowest BCUT2D eigenvalue weighted by atomic mass is 9.97. The van der Waals surface area contributed by atoms with Crippen molar-refractivity contribution in [1.82, 2.24) is 14.5 Å². The number of nitrogens with zero attached hydrogens (tertiary/aromatic N) is 2. The molecule has 134 valence electrons. The van der Waals surface area contributed by atoms with Crippen molar-refractivity contribution in [3.8, 4) is 0 Å². The Balaban J connectivity index is 1.77. The SMILES string of the molecule is CS(=O)(=O)N1CCN(C2CCNCC2)C(Cc2ccc(Cl)cc2)C1. The molecule has 2 fully saturated rings. The van der Waals surface area contributed by atoms with Crippen molar-refractivity contribution in [3.63, 3.8) is 0 Å². The molecular weight excluding hydrogens is 346 g/mol. The summed E-state index contributed by atoms with van der Waals surface area (Å²) in [5.41, 5.74) is 1.21. The Kier molecular flexibility index (Phi) is 5.82. The highest BCUT2D eigenvalue weighted by molar-refractivity contribution is 7.88. The number of hydrogen-bond donors (Lipinski definition) is 1. The maximum absolute atomic E-state index is 12.0. The summed E-state index contributed by atoms with van der Waals surface area (Å²) in [6, 6.07) is 8.67. The van der Waals surface area contributed by atoms with Crippen molar-refractivity contribution in [2.24, 2.45) is 0 Å². The molecule has 7 heteroatoms. The standard InChI is InChI=1S/C17H26ClN3O2S/c1-24(22,23)20-10-11-21(16-6-8-19-9-7-16)17(13-20)12-14-2-4-15(18)5-3-14/h2-5,16-17,19H,6-13H2,1H3. The van der Waals surface area contributed by atoms with Gasteiger partial charge in [-0.05, 0) is 50.0 Å². The van der Waals surface area contributed by atoms with Gasteiger partial charge in [0.25, 0.3) is 0 Å². The van der Waals surface area contributed by atoms with Gasteiger partial charge < -0.3 is 5.32 Å². The van der Waals surface area contributed by atoms with E-state index in [0.717, 1.165) is 43.9 Å². The van der Waals surface area contributed by atoms with E-state index in [2.05, 4.69) is 10.2 Å². The maximum atomic E-state index is 12.0. The Morgan fingerprint density at radius 1 is 1.17 bits per heavy atom.